The van der Waals surface area contributed by atoms with Crippen LogP contribution in [0.5, 0.6) is 0 Å². The lowest BCUT2D eigenvalue weighted by atomic mass is 10.1. The maximum atomic E-state index is 12.8. The summed E-state index contributed by atoms with van der Waals surface area (Å²) in [6, 6.07) is 9.20. The van der Waals surface area contributed by atoms with E-state index in [1.807, 2.05) is 4.57 Å². The fraction of sp³-hybridized carbons (Fsp3) is 0.190. The van der Waals surface area contributed by atoms with Crippen molar-refractivity contribution >= 4 is 33.6 Å². The van der Waals surface area contributed by atoms with Crippen LogP contribution >= 0.6 is 0 Å². The second-order valence-corrected chi connectivity index (χ2v) is 6.98. The minimum Gasteiger partial charge on any atom is -0.465 e. The molecule has 10 heteroatoms. The average Bonchev–Trinajstić information content (AvgIpc) is 3.13. The predicted molar refractivity (Wildman–Crippen MR) is 115 cm³/mol. The van der Waals surface area contributed by atoms with Gasteiger partial charge in [0.25, 0.3) is 11.2 Å². The van der Waals surface area contributed by atoms with Gasteiger partial charge in [0.15, 0.2) is 0 Å². The molecule has 0 amide bonds. The summed E-state index contributed by atoms with van der Waals surface area (Å²) in [6.07, 6.45) is 2.53. The maximum Gasteiger partial charge on any atom is 0.337 e. The van der Waals surface area contributed by atoms with Gasteiger partial charge >= 0.3 is 5.97 Å². The van der Waals surface area contributed by atoms with E-state index >= 15 is 0 Å². The number of aromatic nitrogens is 3. The van der Waals surface area contributed by atoms with Gasteiger partial charge in [0, 0.05) is 41.3 Å². The van der Waals surface area contributed by atoms with Crippen molar-refractivity contribution < 1.29 is 14.5 Å². The first-order valence-electron chi connectivity index (χ1n) is 9.53. The number of hydrogen-bond donors (Lipinski definition) is 2. The minimum absolute atomic E-state index is 0.140. The van der Waals surface area contributed by atoms with Crippen LogP contribution in [0.2, 0.25) is 0 Å². The van der Waals surface area contributed by atoms with E-state index in [2.05, 4.69) is 9.97 Å². The van der Waals surface area contributed by atoms with Gasteiger partial charge in [-0.2, -0.15) is 0 Å². The third-order valence-corrected chi connectivity index (χ3v) is 5.05. The van der Waals surface area contributed by atoms with E-state index in [0.717, 1.165) is 11.9 Å². The molecule has 0 fully saturated rings. The number of nitro groups is 1. The standard InChI is InChI=1S/C21H19N5O5/c1-31-21(28)12-3-6-18-14(9-12)15(11-25(18)8-2-7-22)19-20(27)24-17-10-13(26(29)30)4-5-16(17)23-19/h3-6,9-11H,2,7-8,22H2,1H3,(H,24,27). The number of nitrogens with two attached hydrogens (primary N) is 1. The van der Waals surface area contributed by atoms with Crippen molar-refractivity contribution in [3.63, 3.8) is 0 Å². The molecular formula is C21H19N5O5. The van der Waals surface area contributed by atoms with E-state index in [-0.39, 0.29) is 16.9 Å². The lowest BCUT2D eigenvalue weighted by Gasteiger charge is -2.05. The highest BCUT2D eigenvalue weighted by Crippen LogP contribution is 2.30. The number of esters is 1. The number of H-pyrrole nitrogens is 1. The molecule has 10 nitrogen and oxygen atoms in total. The summed E-state index contributed by atoms with van der Waals surface area (Å²) in [4.78, 5) is 42.5. The first kappa shape index (κ1) is 20.2. The third kappa shape index (κ3) is 3.64. The number of nitro benzene ring substituents is 1. The predicted octanol–water partition coefficient (Wildman–Crippen LogP) is 2.59. The molecule has 0 bridgehead atoms. The number of carbonyl (C=O) groups is 1. The van der Waals surface area contributed by atoms with Crippen molar-refractivity contribution in [2.24, 2.45) is 5.73 Å². The SMILES string of the molecule is COC(=O)c1ccc2c(c1)c(-c1nc3ccc([N+](=O)[O-])cc3[nH]c1=O)cn2CCCN. The third-order valence-electron chi connectivity index (χ3n) is 5.05. The van der Waals surface area contributed by atoms with Crippen molar-refractivity contribution in [1.82, 2.24) is 14.5 Å². The molecule has 2 heterocycles. The molecule has 0 saturated carbocycles. The zero-order valence-electron chi connectivity index (χ0n) is 16.6. The summed E-state index contributed by atoms with van der Waals surface area (Å²) >= 11 is 0. The van der Waals surface area contributed by atoms with Crippen LogP contribution < -0.4 is 11.3 Å². The van der Waals surface area contributed by atoms with Gasteiger partial charge in [0.1, 0.15) is 5.69 Å². The topological polar surface area (TPSA) is 146 Å². The number of aryl methyl sites for hydroxylation is 1. The monoisotopic (exact) mass is 421 g/mol. The molecule has 0 spiro atoms. The molecule has 0 radical (unpaired) electrons. The van der Waals surface area contributed by atoms with E-state index in [4.69, 9.17) is 10.5 Å². The summed E-state index contributed by atoms with van der Waals surface area (Å²) in [6.45, 7) is 1.13. The highest BCUT2D eigenvalue weighted by atomic mass is 16.6. The van der Waals surface area contributed by atoms with Crippen LogP contribution in [0.3, 0.4) is 0 Å². The van der Waals surface area contributed by atoms with E-state index in [0.29, 0.717) is 35.1 Å². The zero-order chi connectivity index (χ0) is 22.1. The fourth-order valence-electron chi connectivity index (χ4n) is 3.55. The summed E-state index contributed by atoms with van der Waals surface area (Å²) in [5.74, 6) is -0.491. The maximum absolute atomic E-state index is 12.8. The number of hydrogen-bond acceptors (Lipinski definition) is 7. The Morgan fingerprint density at radius 2 is 2.10 bits per heavy atom. The van der Waals surface area contributed by atoms with Gasteiger partial charge in [0.05, 0.1) is 28.6 Å². The number of nitrogens with zero attached hydrogens (tertiary/aromatic N) is 3. The van der Waals surface area contributed by atoms with E-state index in [1.54, 1.807) is 24.4 Å². The molecule has 0 aliphatic carbocycles. The molecule has 31 heavy (non-hydrogen) atoms. The highest BCUT2D eigenvalue weighted by Gasteiger charge is 2.18. The molecule has 2 aromatic carbocycles. The van der Waals surface area contributed by atoms with Gasteiger partial charge < -0.3 is 20.0 Å². The number of fused-ring (bicyclic) bond motifs is 2. The molecule has 3 N–H and O–H groups in total. The zero-order valence-corrected chi connectivity index (χ0v) is 16.6. The van der Waals surface area contributed by atoms with Crippen LogP contribution in [-0.4, -0.2) is 39.1 Å². The highest BCUT2D eigenvalue weighted by molar-refractivity contribution is 6.01. The Balaban J connectivity index is 1.95. The summed E-state index contributed by atoms with van der Waals surface area (Å²) < 4.78 is 6.77. The second kappa shape index (κ2) is 8.00. The van der Waals surface area contributed by atoms with Crippen LogP contribution in [0.15, 0.2) is 47.4 Å². The molecule has 2 aromatic heterocycles. The smallest absolute Gasteiger partial charge is 0.337 e. The average molecular weight is 421 g/mol. The van der Waals surface area contributed by atoms with Gasteiger partial charge in [0.2, 0.25) is 0 Å². The summed E-state index contributed by atoms with van der Waals surface area (Å²) in [7, 11) is 1.30. The van der Waals surface area contributed by atoms with Crippen LogP contribution in [-0.2, 0) is 11.3 Å². The van der Waals surface area contributed by atoms with Gasteiger partial charge in [-0.25, -0.2) is 9.78 Å². The number of aromatic amines is 1. The molecule has 0 atom stereocenters. The molecular weight excluding hydrogens is 402 g/mol. The summed E-state index contributed by atoms with van der Waals surface area (Å²) in [5.41, 5.74) is 7.56. The molecule has 4 rings (SSSR count). The number of methoxy groups -OCH3 is 1. The van der Waals surface area contributed by atoms with Crippen molar-refractivity contribution in [3.8, 4) is 11.3 Å². The van der Waals surface area contributed by atoms with Crippen LogP contribution in [0.25, 0.3) is 33.2 Å². The largest absolute Gasteiger partial charge is 0.465 e. The van der Waals surface area contributed by atoms with Gasteiger partial charge in [-0.05, 0) is 37.2 Å². The second-order valence-electron chi connectivity index (χ2n) is 6.98. The molecule has 0 unspecified atom stereocenters. The lowest BCUT2D eigenvalue weighted by Crippen LogP contribution is -2.11. The van der Waals surface area contributed by atoms with Crippen molar-refractivity contribution in [3.05, 3.63) is 68.6 Å². The first-order valence-corrected chi connectivity index (χ1v) is 9.53. The van der Waals surface area contributed by atoms with E-state index in [9.17, 15) is 19.7 Å². The van der Waals surface area contributed by atoms with Crippen molar-refractivity contribution in [1.29, 1.82) is 0 Å². The number of carbonyl (C=O) groups excluding carboxylic acids is 1. The quantitative estimate of drug-likeness (QED) is 0.276. The van der Waals surface area contributed by atoms with Gasteiger partial charge in [-0.3, -0.25) is 14.9 Å². The number of nitrogens with one attached hydrogen (secondary N) is 1. The van der Waals surface area contributed by atoms with Crippen LogP contribution in [0.1, 0.15) is 16.8 Å². The Labute approximate surface area is 175 Å². The van der Waals surface area contributed by atoms with Crippen molar-refractivity contribution in [2.45, 2.75) is 13.0 Å². The number of non-ortho nitro benzene ring substituents is 1. The minimum atomic E-state index is -0.537. The molecule has 0 saturated heterocycles. The number of benzene rings is 2. The van der Waals surface area contributed by atoms with Crippen LogP contribution in [0.4, 0.5) is 5.69 Å². The number of rotatable bonds is 6. The van der Waals surface area contributed by atoms with E-state index < -0.39 is 16.5 Å². The summed E-state index contributed by atoms with van der Waals surface area (Å²) in [5, 5.41) is 11.7. The Bertz CT molecular complexity index is 1390. The Hall–Kier alpha value is -4.05. The molecule has 0 aliphatic heterocycles. The first-order chi connectivity index (χ1) is 14.9. The Kier molecular flexibility index (Phi) is 5.22. The lowest BCUT2D eigenvalue weighted by molar-refractivity contribution is -0.384. The normalized spacial score (nSPS) is 11.2. The molecule has 0 aliphatic rings. The Morgan fingerprint density at radius 1 is 1.29 bits per heavy atom. The van der Waals surface area contributed by atoms with Gasteiger partial charge in [-0.15, -0.1) is 0 Å². The number of ether oxygens (including phenoxy) is 1. The molecule has 158 valence electrons. The van der Waals surface area contributed by atoms with E-state index in [1.165, 1.54) is 25.3 Å². The van der Waals surface area contributed by atoms with Crippen molar-refractivity contribution in [2.75, 3.05) is 13.7 Å². The van der Waals surface area contributed by atoms with Gasteiger partial charge in [-0.1, -0.05) is 0 Å². The fourth-order valence-corrected chi connectivity index (χ4v) is 3.55. The van der Waals surface area contributed by atoms with Crippen LogP contribution in [0, 0.1) is 10.1 Å². The Morgan fingerprint density at radius 3 is 2.81 bits per heavy atom. The molecule has 4 aromatic rings.